The molecule has 0 bridgehead atoms. The van der Waals surface area contributed by atoms with Crippen LogP contribution in [0, 0.1) is 12.3 Å². The number of carbonyl (C=O) groups excluding carboxylic acids is 1. The molecule has 1 aliphatic rings. The molecule has 2 nitrogen and oxygen atoms in total. The Balaban J connectivity index is 1.72. The van der Waals surface area contributed by atoms with E-state index >= 15 is 0 Å². The summed E-state index contributed by atoms with van der Waals surface area (Å²) >= 11 is 3.52. The number of amides is 1. The zero-order chi connectivity index (χ0) is 13.0. The van der Waals surface area contributed by atoms with Crippen molar-refractivity contribution in [2.75, 3.05) is 11.9 Å². The van der Waals surface area contributed by atoms with Crippen molar-refractivity contribution in [1.82, 2.24) is 5.32 Å². The molecule has 98 valence electrons. The average molecular weight is 310 g/mol. The van der Waals surface area contributed by atoms with Gasteiger partial charge in [0.05, 0.1) is 0 Å². The van der Waals surface area contributed by atoms with Crippen molar-refractivity contribution in [2.24, 2.45) is 5.41 Å². The van der Waals surface area contributed by atoms with E-state index in [9.17, 15) is 4.79 Å². The van der Waals surface area contributed by atoms with Crippen LogP contribution in [0.25, 0.3) is 0 Å². The first-order chi connectivity index (χ1) is 8.63. The maximum Gasteiger partial charge on any atom is 0.220 e. The van der Waals surface area contributed by atoms with Gasteiger partial charge >= 0.3 is 0 Å². The second-order valence-electron chi connectivity index (χ2n) is 5.40. The van der Waals surface area contributed by atoms with Crippen molar-refractivity contribution >= 4 is 21.8 Å². The molecular formula is C15H20BrNO. The highest BCUT2D eigenvalue weighted by molar-refractivity contribution is 9.09. The molecule has 1 amide bonds. The third-order valence-electron chi connectivity index (χ3n) is 3.62. The van der Waals surface area contributed by atoms with Crippen LogP contribution in [0.5, 0.6) is 0 Å². The van der Waals surface area contributed by atoms with Crippen LogP contribution in [0.3, 0.4) is 0 Å². The summed E-state index contributed by atoms with van der Waals surface area (Å²) < 4.78 is 0. The normalized spacial score (nSPS) is 16.3. The van der Waals surface area contributed by atoms with Gasteiger partial charge < -0.3 is 5.32 Å². The summed E-state index contributed by atoms with van der Waals surface area (Å²) in [6, 6.07) is 8.36. The van der Waals surface area contributed by atoms with Crippen molar-refractivity contribution in [3.63, 3.8) is 0 Å². The van der Waals surface area contributed by atoms with Crippen molar-refractivity contribution in [2.45, 2.75) is 32.6 Å². The molecule has 1 aromatic carbocycles. The Hall–Kier alpha value is -0.830. The Morgan fingerprint density at radius 2 is 2.22 bits per heavy atom. The zero-order valence-electron chi connectivity index (χ0n) is 10.8. The number of alkyl halides is 1. The fourth-order valence-electron chi connectivity index (χ4n) is 2.03. The summed E-state index contributed by atoms with van der Waals surface area (Å²) in [4.78, 5) is 11.8. The van der Waals surface area contributed by atoms with Crippen molar-refractivity contribution < 1.29 is 4.79 Å². The second-order valence-corrected chi connectivity index (χ2v) is 5.96. The molecule has 1 aliphatic carbocycles. The summed E-state index contributed by atoms with van der Waals surface area (Å²) in [5.41, 5.74) is 2.86. The van der Waals surface area contributed by atoms with Gasteiger partial charge in [0.15, 0.2) is 0 Å². The molecule has 2 rings (SSSR count). The lowest BCUT2D eigenvalue weighted by Crippen LogP contribution is -2.31. The first-order valence-electron chi connectivity index (χ1n) is 6.52. The molecule has 18 heavy (non-hydrogen) atoms. The third-order valence-corrected chi connectivity index (χ3v) is 4.81. The molecule has 1 saturated carbocycles. The second kappa shape index (κ2) is 5.87. The lowest BCUT2D eigenvalue weighted by atomic mass is 10.1. The maximum atomic E-state index is 11.8. The van der Waals surface area contributed by atoms with Gasteiger partial charge in [-0.15, -0.1) is 0 Å². The van der Waals surface area contributed by atoms with Crippen LogP contribution in [-0.4, -0.2) is 17.8 Å². The number of aryl methyl sites for hydroxylation is 2. The van der Waals surface area contributed by atoms with Gasteiger partial charge in [0.25, 0.3) is 0 Å². The minimum Gasteiger partial charge on any atom is -0.356 e. The Morgan fingerprint density at radius 1 is 1.44 bits per heavy atom. The monoisotopic (exact) mass is 309 g/mol. The molecule has 0 saturated heterocycles. The number of rotatable bonds is 6. The van der Waals surface area contributed by atoms with Crippen molar-refractivity contribution in [1.29, 1.82) is 0 Å². The molecule has 3 heteroatoms. The van der Waals surface area contributed by atoms with Gasteiger partial charge in [-0.2, -0.15) is 0 Å². The van der Waals surface area contributed by atoms with Crippen LogP contribution in [0.15, 0.2) is 24.3 Å². The molecule has 1 N–H and O–H groups in total. The number of hydrogen-bond donors (Lipinski definition) is 1. The molecular weight excluding hydrogens is 290 g/mol. The van der Waals surface area contributed by atoms with E-state index < -0.39 is 0 Å². The lowest BCUT2D eigenvalue weighted by molar-refractivity contribution is -0.121. The fourth-order valence-corrected chi connectivity index (χ4v) is 2.79. The van der Waals surface area contributed by atoms with Gasteiger partial charge in [-0.3, -0.25) is 4.79 Å². The molecule has 1 fully saturated rings. The summed E-state index contributed by atoms with van der Waals surface area (Å²) in [6.45, 7) is 2.90. The molecule has 0 spiro atoms. The van der Waals surface area contributed by atoms with Gasteiger partial charge in [-0.1, -0.05) is 45.8 Å². The van der Waals surface area contributed by atoms with Crippen LogP contribution < -0.4 is 5.32 Å². The fraction of sp³-hybridized carbons (Fsp3) is 0.533. The number of halogens is 1. The zero-order valence-corrected chi connectivity index (χ0v) is 12.4. The first-order valence-corrected chi connectivity index (χ1v) is 7.64. The van der Waals surface area contributed by atoms with E-state index in [1.54, 1.807) is 0 Å². The first kappa shape index (κ1) is 13.6. The number of nitrogens with one attached hydrogen (secondary N) is 1. The number of carbonyl (C=O) groups is 1. The lowest BCUT2D eigenvalue weighted by Gasteiger charge is -2.12. The Kier molecular flexibility index (Phi) is 4.44. The van der Waals surface area contributed by atoms with Crippen LogP contribution >= 0.6 is 15.9 Å². The smallest absolute Gasteiger partial charge is 0.220 e. The van der Waals surface area contributed by atoms with Gasteiger partial charge in [0, 0.05) is 18.3 Å². The minimum atomic E-state index is 0.170. The van der Waals surface area contributed by atoms with E-state index in [1.807, 2.05) is 6.07 Å². The number of benzene rings is 1. The van der Waals surface area contributed by atoms with Gasteiger partial charge in [0.1, 0.15) is 0 Å². The largest absolute Gasteiger partial charge is 0.356 e. The quantitative estimate of drug-likeness (QED) is 0.803. The summed E-state index contributed by atoms with van der Waals surface area (Å²) in [7, 11) is 0. The van der Waals surface area contributed by atoms with Crippen molar-refractivity contribution in [3.8, 4) is 0 Å². The Labute approximate surface area is 117 Å². The number of hydrogen-bond acceptors (Lipinski definition) is 1. The van der Waals surface area contributed by atoms with E-state index in [0.29, 0.717) is 11.8 Å². The molecule has 0 atom stereocenters. The molecule has 0 aliphatic heterocycles. The molecule has 1 aromatic rings. The van der Waals surface area contributed by atoms with Gasteiger partial charge in [0.2, 0.25) is 5.91 Å². The van der Waals surface area contributed by atoms with E-state index in [2.05, 4.69) is 46.4 Å². The molecule has 0 aromatic heterocycles. The predicted molar refractivity (Wildman–Crippen MR) is 78.0 cm³/mol. The van der Waals surface area contributed by atoms with E-state index in [1.165, 1.54) is 24.0 Å². The SMILES string of the molecule is Cc1cccc(CCC(=O)NCC2(CBr)CC2)c1. The average Bonchev–Trinajstić information content (AvgIpc) is 3.15. The van der Waals surface area contributed by atoms with Crippen LogP contribution in [0.1, 0.15) is 30.4 Å². The Bertz CT molecular complexity index is 426. The van der Waals surface area contributed by atoms with E-state index in [-0.39, 0.29) is 5.91 Å². The van der Waals surface area contributed by atoms with Crippen LogP contribution in [-0.2, 0) is 11.2 Å². The van der Waals surface area contributed by atoms with Crippen LogP contribution in [0.2, 0.25) is 0 Å². The minimum absolute atomic E-state index is 0.170. The summed E-state index contributed by atoms with van der Waals surface area (Å²) in [5, 5.41) is 4.05. The van der Waals surface area contributed by atoms with E-state index in [0.717, 1.165) is 18.3 Å². The predicted octanol–water partition coefficient (Wildman–Crippen LogP) is 3.22. The van der Waals surface area contributed by atoms with Gasteiger partial charge in [-0.25, -0.2) is 0 Å². The Morgan fingerprint density at radius 3 is 2.83 bits per heavy atom. The summed E-state index contributed by atoms with van der Waals surface area (Å²) in [5.74, 6) is 0.170. The highest BCUT2D eigenvalue weighted by Gasteiger charge is 2.41. The van der Waals surface area contributed by atoms with Gasteiger partial charge in [-0.05, 0) is 37.2 Å². The molecule has 0 unspecified atom stereocenters. The standard InChI is InChI=1S/C15H20BrNO/c1-12-3-2-4-13(9-12)5-6-14(18)17-11-15(10-16)7-8-15/h2-4,9H,5-8,10-11H2,1H3,(H,17,18). The molecule has 0 radical (unpaired) electrons. The topological polar surface area (TPSA) is 29.1 Å². The summed E-state index contributed by atoms with van der Waals surface area (Å²) in [6.07, 6.45) is 3.88. The maximum absolute atomic E-state index is 11.8. The van der Waals surface area contributed by atoms with Crippen LogP contribution in [0.4, 0.5) is 0 Å². The highest BCUT2D eigenvalue weighted by Crippen LogP contribution is 2.46. The van der Waals surface area contributed by atoms with Crippen molar-refractivity contribution in [3.05, 3.63) is 35.4 Å². The molecule has 0 heterocycles. The van der Waals surface area contributed by atoms with E-state index in [4.69, 9.17) is 0 Å². The highest BCUT2D eigenvalue weighted by atomic mass is 79.9. The third kappa shape index (κ3) is 3.84.